The molecule has 2 atom stereocenters. The summed E-state index contributed by atoms with van der Waals surface area (Å²) in [7, 11) is 0.0114. The molecule has 11 rings (SSSR count). The predicted octanol–water partition coefficient (Wildman–Crippen LogP) is 11.4. The SMILES string of the molecule is CC1CC(C)(C)N(CCCC(=O)N2CCN(C(=O)CCCC[P+](c3ccccc3)(c3ccccc3)c3ccccc3)CC2)c2cc3c(cc21)C1(OC(=O)c2ccccc21)c1ccc(N(C)c2ccc(O)cc2)cc1O3. The molecule has 2 amide bonds. The van der Waals surface area contributed by atoms with E-state index < -0.39 is 12.9 Å². The number of aromatic hydroxyl groups is 1. The van der Waals surface area contributed by atoms with Crippen molar-refractivity contribution in [3.05, 3.63) is 198 Å². The number of rotatable bonds is 14. The maximum atomic E-state index is 13.9. The molecule has 1 fully saturated rings. The van der Waals surface area contributed by atoms with Crippen molar-refractivity contribution in [2.45, 2.75) is 76.4 Å². The van der Waals surface area contributed by atoms with Gasteiger partial charge in [-0.25, -0.2) is 4.79 Å². The van der Waals surface area contributed by atoms with Gasteiger partial charge in [0.2, 0.25) is 11.8 Å². The summed E-state index contributed by atoms with van der Waals surface area (Å²) in [6.07, 6.45) is 5.19. The molecule has 4 aliphatic rings. The molecule has 0 aliphatic carbocycles. The number of phenols is 1. The van der Waals surface area contributed by atoms with Gasteiger partial charge in [0.1, 0.15) is 40.4 Å². The first kappa shape index (κ1) is 49.8. The third-order valence-electron chi connectivity index (χ3n) is 16.3. The van der Waals surface area contributed by atoms with E-state index >= 15 is 0 Å². The van der Waals surface area contributed by atoms with Crippen LogP contribution in [-0.4, -0.2) is 84.2 Å². The number of phenolic OH excluding ortho intramolecular Hbond substituents is 1. The van der Waals surface area contributed by atoms with E-state index in [0.29, 0.717) is 69.0 Å². The Morgan fingerprint density at radius 2 is 1.19 bits per heavy atom. The molecule has 0 bridgehead atoms. The molecule has 382 valence electrons. The Morgan fingerprint density at radius 1 is 0.640 bits per heavy atom. The standard InChI is InChI=1S/C64H65N4O6P/c1-45-44-63(2,3)68(57-43-59-56(42-53(45)57)64(54-26-15-14-25-52(54)62(72)74-64)55-34-31-47(41-58(55)73-59)65(4)46-29-32-48(69)33-30-46)35-18-28-61(71)67-38-36-66(37-39-67)60(70)27-16-17-40-75(49-19-8-5-9-20-49,50-21-10-6-11-22-50)51-23-12-7-13-24-51/h5-15,19-26,29-34,41-43,45H,16-18,27-28,35-40,44H2,1-4H3/p+1. The fraction of sp³-hybridized carbons (Fsp3) is 0.297. The number of carbonyl (C=O) groups is 3. The molecular formula is C64H66N4O6P+. The number of unbranched alkanes of at least 4 members (excludes halogenated alkanes) is 1. The van der Waals surface area contributed by atoms with Crippen LogP contribution < -0.4 is 30.5 Å². The number of piperazine rings is 1. The second-order valence-corrected chi connectivity index (χ2v) is 24.9. The zero-order chi connectivity index (χ0) is 51.9. The molecule has 1 spiro atoms. The fourth-order valence-corrected chi connectivity index (χ4v) is 16.9. The highest BCUT2D eigenvalue weighted by atomic mass is 31.2. The lowest BCUT2D eigenvalue weighted by Gasteiger charge is -2.49. The van der Waals surface area contributed by atoms with Gasteiger partial charge in [-0.05, 0) is 136 Å². The fourth-order valence-electron chi connectivity index (χ4n) is 12.5. The van der Waals surface area contributed by atoms with Gasteiger partial charge in [-0.15, -0.1) is 0 Å². The van der Waals surface area contributed by atoms with Crippen molar-refractivity contribution >= 4 is 58.0 Å². The highest BCUT2D eigenvalue weighted by Gasteiger charge is 2.54. The summed E-state index contributed by atoms with van der Waals surface area (Å²) in [4.78, 5) is 49.8. The summed E-state index contributed by atoms with van der Waals surface area (Å²) < 4.78 is 13.6. The van der Waals surface area contributed by atoms with Gasteiger partial charge in [-0.2, -0.15) is 0 Å². The summed E-state index contributed by atoms with van der Waals surface area (Å²) in [6.45, 7) is 9.65. The van der Waals surface area contributed by atoms with Crippen molar-refractivity contribution < 1.29 is 29.0 Å². The predicted molar refractivity (Wildman–Crippen MR) is 302 cm³/mol. The van der Waals surface area contributed by atoms with Crippen LogP contribution in [0.5, 0.6) is 17.2 Å². The average Bonchev–Trinajstić information content (AvgIpc) is 3.76. The topological polar surface area (TPSA) is 103 Å². The van der Waals surface area contributed by atoms with E-state index in [-0.39, 0.29) is 35.0 Å². The van der Waals surface area contributed by atoms with E-state index in [2.05, 4.69) is 129 Å². The van der Waals surface area contributed by atoms with Gasteiger partial charge in [0.15, 0.2) is 5.60 Å². The zero-order valence-corrected chi connectivity index (χ0v) is 44.3. The van der Waals surface area contributed by atoms with Crippen LogP contribution in [0.4, 0.5) is 17.1 Å². The van der Waals surface area contributed by atoms with Gasteiger partial charge in [0, 0.05) is 104 Å². The number of hydrogen-bond donors (Lipinski definition) is 1. The quantitative estimate of drug-likeness (QED) is 0.0653. The van der Waals surface area contributed by atoms with E-state index in [1.165, 1.54) is 15.9 Å². The molecule has 0 radical (unpaired) electrons. The molecule has 4 heterocycles. The lowest BCUT2D eigenvalue weighted by Crippen LogP contribution is -2.51. The molecule has 1 N–H and O–H groups in total. The molecule has 7 aromatic rings. The van der Waals surface area contributed by atoms with Crippen LogP contribution in [0.1, 0.15) is 97.8 Å². The first-order chi connectivity index (χ1) is 36.4. The molecule has 75 heavy (non-hydrogen) atoms. The Kier molecular flexibility index (Phi) is 13.5. The number of anilines is 3. The Hall–Kier alpha value is -7.42. The van der Waals surface area contributed by atoms with Crippen molar-refractivity contribution in [2.75, 3.05) is 55.7 Å². The van der Waals surface area contributed by atoms with Crippen LogP contribution in [-0.2, 0) is 19.9 Å². The van der Waals surface area contributed by atoms with Gasteiger partial charge in [-0.3, -0.25) is 9.59 Å². The number of nitrogens with zero attached hydrogens (tertiary/aromatic N) is 4. The molecule has 10 nitrogen and oxygen atoms in total. The Balaban J connectivity index is 0.758. The second-order valence-electron chi connectivity index (χ2n) is 21.3. The highest BCUT2D eigenvalue weighted by Crippen LogP contribution is 2.60. The summed E-state index contributed by atoms with van der Waals surface area (Å²) >= 11 is 0. The number of benzene rings is 7. The number of fused-ring (bicyclic) bond motifs is 7. The van der Waals surface area contributed by atoms with Crippen molar-refractivity contribution in [3.8, 4) is 17.2 Å². The van der Waals surface area contributed by atoms with E-state index in [4.69, 9.17) is 9.47 Å². The minimum Gasteiger partial charge on any atom is -0.508 e. The van der Waals surface area contributed by atoms with Gasteiger partial charge >= 0.3 is 5.97 Å². The molecule has 0 aromatic heterocycles. The lowest BCUT2D eigenvalue weighted by molar-refractivity contribution is -0.139. The summed E-state index contributed by atoms with van der Waals surface area (Å²) in [5.41, 5.74) is 5.39. The molecule has 11 heteroatoms. The minimum absolute atomic E-state index is 0.121. The smallest absolute Gasteiger partial charge is 0.340 e. The largest absolute Gasteiger partial charge is 0.508 e. The number of hydrogen-bond acceptors (Lipinski definition) is 8. The summed E-state index contributed by atoms with van der Waals surface area (Å²) in [6, 6.07) is 57.8. The first-order valence-corrected chi connectivity index (χ1v) is 28.6. The monoisotopic (exact) mass is 1020 g/mol. The van der Waals surface area contributed by atoms with Crippen LogP contribution in [0.2, 0.25) is 0 Å². The van der Waals surface area contributed by atoms with E-state index in [1.54, 1.807) is 12.1 Å². The maximum absolute atomic E-state index is 13.9. The van der Waals surface area contributed by atoms with Crippen molar-refractivity contribution in [1.29, 1.82) is 0 Å². The van der Waals surface area contributed by atoms with Crippen LogP contribution in [0.25, 0.3) is 0 Å². The Bertz CT molecular complexity index is 3140. The number of ether oxygens (including phenoxy) is 2. The highest BCUT2D eigenvalue weighted by molar-refractivity contribution is 7.95. The summed E-state index contributed by atoms with van der Waals surface area (Å²) in [5, 5.41) is 14.1. The van der Waals surface area contributed by atoms with Gasteiger partial charge in [0.05, 0.1) is 11.7 Å². The molecule has 7 aromatic carbocycles. The normalized spacial score (nSPS) is 18.3. The van der Waals surface area contributed by atoms with Gasteiger partial charge in [-0.1, -0.05) is 79.7 Å². The minimum atomic E-state index is -1.96. The summed E-state index contributed by atoms with van der Waals surface area (Å²) in [5.74, 6) is 1.51. The molecule has 4 aliphatic heterocycles. The Labute approximate surface area is 441 Å². The number of amides is 2. The average molecular weight is 1020 g/mol. The van der Waals surface area contributed by atoms with Crippen LogP contribution in [0, 0.1) is 0 Å². The van der Waals surface area contributed by atoms with Gasteiger partial charge in [0.25, 0.3) is 0 Å². The third-order valence-corrected chi connectivity index (χ3v) is 20.8. The lowest BCUT2D eigenvalue weighted by atomic mass is 9.74. The first-order valence-electron chi connectivity index (χ1n) is 26.6. The van der Waals surface area contributed by atoms with E-state index in [0.717, 1.165) is 64.7 Å². The molecule has 2 unspecified atom stereocenters. The zero-order valence-electron chi connectivity index (χ0n) is 43.5. The van der Waals surface area contributed by atoms with Gasteiger partial charge < -0.3 is 34.2 Å². The van der Waals surface area contributed by atoms with Crippen molar-refractivity contribution in [1.82, 2.24) is 9.80 Å². The van der Waals surface area contributed by atoms with Crippen molar-refractivity contribution in [3.63, 3.8) is 0 Å². The second kappa shape index (κ2) is 20.4. The van der Waals surface area contributed by atoms with Crippen molar-refractivity contribution in [2.24, 2.45) is 0 Å². The van der Waals surface area contributed by atoms with E-state index in [9.17, 15) is 19.5 Å². The number of carbonyl (C=O) groups excluding carboxylic acids is 3. The maximum Gasteiger partial charge on any atom is 0.340 e. The Morgan fingerprint density at radius 3 is 1.80 bits per heavy atom. The van der Waals surface area contributed by atoms with Crippen LogP contribution in [0.3, 0.4) is 0 Å². The van der Waals surface area contributed by atoms with Crippen LogP contribution in [0.15, 0.2) is 170 Å². The van der Waals surface area contributed by atoms with Crippen LogP contribution >= 0.6 is 7.26 Å². The molecular weight excluding hydrogens is 952 g/mol. The molecule has 1 saturated heterocycles. The van der Waals surface area contributed by atoms with E-state index in [1.807, 2.05) is 76.3 Å². The number of esters is 1. The third kappa shape index (κ3) is 9.11. The molecule has 0 saturated carbocycles.